The summed E-state index contributed by atoms with van der Waals surface area (Å²) in [7, 11) is 0. The minimum Gasteiger partial charge on any atom is -0.351 e. The third kappa shape index (κ3) is 3.10. The second-order valence-corrected chi connectivity index (χ2v) is 6.95. The Bertz CT molecular complexity index is 683. The molecule has 0 radical (unpaired) electrons. The summed E-state index contributed by atoms with van der Waals surface area (Å²) in [5.74, 6) is 1.92. The molecule has 0 aromatic carbocycles. The van der Waals surface area contributed by atoms with Crippen LogP contribution in [-0.2, 0) is 0 Å². The van der Waals surface area contributed by atoms with Gasteiger partial charge in [-0.1, -0.05) is 13.8 Å². The quantitative estimate of drug-likeness (QED) is 0.783. The molecule has 7 nitrogen and oxygen atoms in total. The van der Waals surface area contributed by atoms with Crippen LogP contribution < -0.4 is 16.0 Å². The normalized spacial score (nSPS) is 19.4. The van der Waals surface area contributed by atoms with E-state index in [9.17, 15) is 0 Å². The largest absolute Gasteiger partial charge is 0.351 e. The summed E-state index contributed by atoms with van der Waals surface area (Å²) in [4.78, 5) is 9.41. The third-order valence-electron chi connectivity index (χ3n) is 4.60. The van der Waals surface area contributed by atoms with Crippen LogP contribution in [0.15, 0.2) is 6.20 Å². The number of nitrogens with zero attached hydrogens (tertiary/aromatic N) is 4. The Morgan fingerprint density at radius 1 is 1.09 bits per heavy atom. The molecular weight excluding hydrogens is 290 g/mol. The molecule has 0 spiro atoms. The van der Waals surface area contributed by atoms with E-state index in [1.165, 1.54) is 18.4 Å². The molecule has 3 N–H and O–H groups in total. The fourth-order valence-corrected chi connectivity index (χ4v) is 3.02. The van der Waals surface area contributed by atoms with Crippen LogP contribution >= 0.6 is 0 Å². The highest BCUT2D eigenvalue weighted by Crippen LogP contribution is 2.26. The van der Waals surface area contributed by atoms with E-state index < -0.39 is 0 Å². The van der Waals surface area contributed by atoms with Crippen LogP contribution in [0.2, 0.25) is 0 Å². The van der Waals surface area contributed by atoms with Gasteiger partial charge >= 0.3 is 0 Å². The van der Waals surface area contributed by atoms with Crippen molar-refractivity contribution in [3.8, 4) is 0 Å². The van der Waals surface area contributed by atoms with Crippen molar-refractivity contribution in [1.29, 1.82) is 0 Å². The van der Waals surface area contributed by atoms with Gasteiger partial charge in [0.05, 0.1) is 6.20 Å². The smallest absolute Gasteiger partial charge is 0.229 e. The highest BCUT2D eigenvalue weighted by atomic mass is 15.4. The van der Waals surface area contributed by atoms with E-state index in [0.29, 0.717) is 18.0 Å². The predicted octanol–water partition coefficient (Wildman–Crippen LogP) is 1.99. The summed E-state index contributed by atoms with van der Waals surface area (Å²) in [6.07, 6.45) is 6.55. The zero-order chi connectivity index (χ0) is 15.8. The lowest BCUT2D eigenvalue weighted by Crippen LogP contribution is -2.36. The van der Waals surface area contributed by atoms with Crippen molar-refractivity contribution in [3.63, 3.8) is 0 Å². The molecule has 2 aromatic rings. The summed E-state index contributed by atoms with van der Waals surface area (Å²) < 4.78 is 1.86. The lowest BCUT2D eigenvalue weighted by atomic mass is 10.1. The highest BCUT2D eigenvalue weighted by Gasteiger charge is 2.24. The van der Waals surface area contributed by atoms with Gasteiger partial charge in [-0.15, -0.1) is 0 Å². The van der Waals surface area contributed by atoms with Crippen molar-refractivity contribution in [1.82, 2.24) is 24.9 Å². The van der Waals surface area contributed by atoms with Crippen LogP contribution in [0, 0.1) is 0 Å². The Morgan fingerprint density at radius 3 is 2.52 bits per heavy atom. The van der Waals surface area contributed by atoms with Crippen LogP contribution in [-0.4, -0.2) is 44.8 Å². The van der Waals surface area contributed by atoms with Gasteiger partial charge in [-0.2, -0.15) is 19.6 Å². The van der Waals surface area contributed by atoms with Crippen molar-refractivity contribution in [3.05, 3.63) is 11.8 Å². The van der Waals surface area contributed by atoms with E-state index in [2.05, 4.69) is 34.9 Å². The number of hydrogen-bond acceptors (Lipinski definition) is 6. The number of aromatic nitrogens is 4. The fraction of sp³-hybridized carbons (Fsp3) is 0.688. The minimum absolute atomic E-state index is 0.392. The van der Waals surface area contributed by atoms with E-state index >= 15 is 0 Å². The molecule has 3 heterocycles. The number of hydrogen-bond donors (Lipinski definition) is 3. The van der Waals surface area contributed by atoms with E-state index in [-0.39, 0.29) is 0 Å². The van der Waals surface area contributed by atoms with Gasteiger partial charge < -0.3 is 16.0 Å². The summed E-state index contributed by atoms with van der Waals surface area (Å²) >= 11 is 0. The van der Waals surface area contributed by atoms with Crippen molar-refractivity contribution in [2.45, 2.75) is 57.5 Å². The standard InChI is InChI=1S/C16H25N7/c1-10(2)13-9-18-23-14(13)21-15(19-11-3-4-11)22-16(23)20-12-5-7-17-8-6-12/h9-12,17H,3-8H2,1-2H3,(H2,19,20,21,22). The Kier molecular flexibility index (Phi) is 3.80. The van der Waals surface area contributed by atoms with Crippen molar-refractivity contribution in [2.24, 2.45) is 0 Å². The van der Waals surface area contributed by atoms with Gasteiger partial charge in [-0.05, 0) is 44.7 Å². The second-order valence-electron chi connectivity index (χ2n) is 6.95. The Balaban J connectivity index is 1.70. The number of piperidine rings is 1. The maximum Gasteiger partial charge on any atom is 0.229 e. The first-order valence-corrected chi connectivity index (χ1v) is 8.70. The third-order valence-corrected chi connectivity index (χ3v) is 4.60. The monoisotopic (exact) mass is 315 g/mol. The molecule has 124 valence electrons. The summed E-state index contributed by atoms with van der Waals surface area (Å²) in [6, 6.07) is 0.976. The molecule has 0 unspecified atom stereocenters. The number of rotatable bonds is 5. The molecule has 2 aromatic heterocycles. The lowest BCUT2D eigenvalue weighted by Gasteiger charge is -2.24. The molecule has 1 aliphatic heterocycles. The van der Waals surface area contributed by atoms with Gasteiger partial charge in [-0.25, -0.2) is 0 Å². The molecule has 4 rings (SSSR count). The fourth-order valence-electron chi connectivity index (χ4n) is 3.02. The van der Waals surface area contributed by atoms with Crippen LogP contribution in [0.4, 0.5) is 11.9 Å². The van der Waals surface area contributed by atoms with Gasteiger partial charge in [0, 0.05) is 17.6 Å². The SMILES string of the molecule is CC(C)c1cnn2c(NC3CCNCC3)nc(NC3CC3)nc12. The van der Waals surface area contributed by atoms with Gasteiger partial charge in [0.2, 0.25) is 11.9 Å². The van der Waals surface area contributed by atoms with Crippen molar-refractivity contribution < 1.29 is 0 Å². The molecule has 1 aliphatic carbocycles. The average molecular weight is 315 g/mol. The van der Waals surface area contributed by atoms with Gasteiger partial charge in [-0.3, -0.25) is 0 Å². The number of nitrogens with one attached hydrogen (secondary N) is 3. The molecule has 0 amide bonds. The first-order valence-electron chi connectivity index (χ1n) is 8.70. The molecule has 1 saturated heterocycles. The lowest BCUT2D eigenvalue weighted by molar-refractivity contribution is 0.476. The maximum absolute atomic E-state index is 4.72. The van der Waals surface area contributed by atoms with E-state index in [0.717, 1.165) is 43.5 Å². The minimum atomic E-state index is 0.392. The van der Waals surface area contributed by atoms with Crippen LogP contribution in [0.5, 0.6) is 0 Å². The van der Waals surface area contributed by atoms with E-state index in [1.807, 2.05) is 10.7 Å². The van der Waals surface area contributed by atoms with E-state index in [4.69, 9.17) is 9.97 Å². The van der Waals surface area contributed by atoms with Crippen molar-refractivity contribution >= 4 is 17.5 Å². The van der Waals surface area contributed by atoms with Gasteiger partial charge in [0.25, 0.3) is 0 Å². The summed E-state index contributed by atoms with van der Waals surface area (Å²) in [5.41, 5.74) is 2.08. The topological polar surface area (TPSA) is 79.2 Å². The maximum atomic E-state index is 4.72. The summed E-state index contributed by atoms with van der Waals surface area (Å²) in [5, 5.41) is 14.9. The molecule has 0 atom stereocenters. The molecule has 0 bridgehead atoms. The first-order chi connectivity index (χ1) is 11.2. The Labute approximate surface area is 136 Å². The van der Waals surface area contributed by atoms with Crippen molar-refractivity contribution in [2.75, 3.05) is 23.7 Å². The van der Waals surface area contributed by atoms with Gasteiger partial charge in [0.15, 0.2) is 5.65 Å². The zero-order valence-electron chi connectivity index (χ0n) is 13.8. The molecule has 2 fully saturated rings. The average Bonchev–Trinajstić information content (AvgIpc) is 3.24. The number of fused-ring (bicyclic) bond motifs is 1. The predicted molar refractivity (Wildman–Crippen MR) is 91.0 cm³/mol. The number of anilines is 2. The molecule has 7 heteroatoms. The van der Waals surface area contributed by atoms with Crippen LogP contribution in [0.1, 0.15) is 51.0 Å². The zero-order valence-corrected chi connectivity index (χ0v) is 13.8. The Morgan fingerprint density at radius 2 is 1.83 bits per heavy atom. The van der Waals surface area contributed by atoms with Crippen LogP contribution in [0.3, 0.4) is 0 Å². The van der Waals surface area contributed by atoms with Crippen LogP contribution in [0.25, 0.3) is 5.65 Å². The Hall–Kier alpha value is -1.89. The molecule has 23 heavy (non-hydrogen) atoms. The van der Waals surface area contributed by atoms with E-state index in [1.54, 1.807) is 0 Å². The molecule has 2 aliphatic rings. The van der Waals surface area contributed by atoms with Gasteiger partial charge in [0.1, 0.15) is 0 Å². The second kappa shape index (κ2) is 5.96. The molecule has 1 saturated carbocycles. The summed E-state index contributed by atoms with van der Waals surface area (Å²) in [6.45, 7) is 6.45. The molecular formula is C16H25N7. The first kappa shape index (κ1) is 14.7. The highest BCUT2D eigenvalue weighted by molar-refractivity contribution is 5.56.